The lowest BCUT2D eigenvalue weighted by Gasteiger charge is -2.40. The molecule has 2 heterocycles. The third-order valence-corrected chi connectivity index (χ3v) is 7.04. The molecule has 0 aliphatic carbocycles. The van der Waals surface area contributed by atoms with Gasteiger partial charge in [-0.25, -0.2) is 5.01 Å². The fourth-order valence-electron chi connectivity index (χ4n) is 4.19. The van der Waals surface area contributed by atoms with E-state index in [9.17, 15) is 14.4 Å². The normalized spacial score (nSPS) is 17.5. The predicted molar refractivity (Wildman–Crippen MR) is 141 cm³/mol. The molecule has 3 rings (SSSR count). The Hall–Kier alpha value is -2.91. The molecule has 1 fully saturated rings. The lowest BCUT2D eigenvalue weighted by Crippen LogP contribution is -2.57. The van der Waals surface area contributed by atoms with Crippen LogP contribution in [0.5, 0.6) is 0 Å². The summed E-state index contributed by atoms with van der Waals surface area (Å²) in [4.78, 5) is 42.0. The molecular weight excluding hydrogens is 457 g/mol. The molecule has 1 aromatic heterocycles. The first-order valence-electron chi connectivity index (χ1n) is 12.5. The fourth-order valence-corrected chi connectivity index (χ4v) is 4.19. The van der Waals surface area contributed by atoms with Gasteiger partial charge in [0, 0.05) is 11.8 Å². The summed E-state index contributed by atoms with van der Waals surface area (Å²) in [5.74, 6) is -1.01. The summed E-state index contributed by atoms with van der Waals surface area (Å²) in [6, 6.07) is 9.70. The number of aromatic nitrogens is 1. The van der Waals surface area contributed by atoms with Crippen LogP contribution in [0.3, 0.4) is 0 Å². The van der Waals surface area contributed by atoms with E-state index in [-0.39, 0.29) is 17.0 Å². The van der Waals surface area contributed by atoms with E-state index >= 15 is 0 Å². The molecule has 0 spiro atoms. The molecule has 0 saturated carbocycles. The molecule has 0 bridgehead atoms. The van der Waals surface area contributed by atoms with Gasteiger partial charge in [0.1, 0.15) is 5.56 Å². The Labute approximate surface area is 213 Å². The van der Waals surface area contributed by atoms with E-state index in [0.717, 1.165) is 6.42 Å². The zero-order valence-corrected chi connectivity index (χ0v) is 22.6. The lowest BCUT2D eigenvalue weighted by molar-refractivity contribution is 0.00578. The Morgan fingerprint density at radius 3 is 2.28 bits per heavy atom. The van der Waals surface area contributed by atoms with Gasteiger partial charge in [0.05, 0.1) is 17.2 Å². The highest BCUT2D eigenvalue weighted by Gasteiger charge is 2.51. The van der Waals surface area contributed by atoms with Gasteiger partial charge >= 0.3 is 7.12 Å². The first-order valence-corrected chi connectivity index (χ1v) is 12.5. The minimum atomic E-state index is -0.620. The summed E-state index contributed by atoms with van der Waals surface area (Å²) in [7, 11) is -0.620. The van der Waals surface area contributed by atoms with E-state index in [1.54, 1.807) is 24.3 Å². The number of carbonyl (C=O) groups is 2. The summed E-state index contributed by atoms with van der Waals surface area (Å²) < 4.78 is 12.3. The quantitative estimate of drug-likeness (QED) is 0.471. The van der Waals surface area contributed by atoms with Crippen molar-refractivity contribution in [1.82, 2.24) is 15.4 Å². The molecule has 1 aliphatic heterocycles. The van der Waals surface area contributed by atoms with Crippen molar-refractivity contribution >= 4 is 24.4 Å². The highest BCUT2D eigenvalue weighted by atomic mass is 16.7. The summed E-state index contributed by atoms with van der Waals surface area (Å²) in [5, 5.41) is 1.32. The number of hydrogen-bond acceptors (Lipinski definition) is 5. The van der Waals surface area contributed by atoms with Gasteiger partial charge in [0.25, 0.3) is 17.4 Å². The topological polar surface area (TPSA) is 101 Å². The maximum atomic E-state index is 13.6. The van der Waals surface area contributed by atoms with Crippen LogP contribution in [0.4, 0.5) is 0 Å². The monoisotopic (exact) mass is 495 g/mol. The van der Waals surface area contributed by atoms with E-state index < -0.39 is 35.7 Å². The average Bonchev–Trinajstić information content (AvgIpc) is 3.02. The first kappa shape index (κ1) is 27.7. The van der Waals surface area contributed by atoms with E-state index in [1.165, 1.54) is 17.3 Å². The van der Waals surface area contributed by atoms with Crippen LogP contribution >= 0.6 is 0 Å². The molecule has 36 heavy (non-hydrogen) atoms. The number of amides is 2. The van der Waals surface area contributed by atoms with Crippen molar-refractivity contribution in [2.24, 2.45) is 5.41 Å². The summed E-state index contributed by atoms with van der Waals surface area (Å²) in [5.41, 5.74) is 1.95. The highest BCUT2D eigenvalue weighted by Crippen LogP contribution is 2.36. The molecule has 8 nitrogen and oxygen atoms in total. The number of benzene rings is 1. The number of aromatic amines is 1. The lowest BCUT2D eigenvalue weighted by atomic mass is 9.78. The molecule has 1 aromatic carbocycles. The number of hydrazine groups is 1. The standard InChI is InChI=1S/C27H38BN3O5/c1-9-12-21(25(2,3)4)31(24(34)20-15-11-16-29-23(20)33)30-22(32)18-13-10-14-19(17-18)28-35-26(5,6)27(7,8)36-28/h10-11,13-17,21H,9,12H2,1-8H3,(H,29,33)(H,30,32). The number of nitrogens with zero attached hydrogens (tertiary/aromatic N) is 1. The van der Waals surface area contributed by atoms with Crippen molar-refractivity contribution in [1.29, 1.82) is 0 Å². The second-order valence-electron chi connectivity index (χ2n) is 11.4. The van der Waals surface area contributed by atoms with Gasteiger partial charge in [0.2, 0.25) is 0 Å². The molecule has 0 radical (unpaired) electrons. The van der Waals surface area contributed by atoms with E-state index in [4.69, 9.17) is 9.31 Å². The predicted octanol–water partition coefficient (Wildman–Crippen LogP) is 3.68. The van der Waals surface area contributed by atoms with Crippen LogP contribution in [0.25, 0.3) is 0 Å². The van der Waals surface area contributed by atoms with Gasteiger partial charge in [-0.2, -0.15) is 0 Å². The molecule has 194 valence electrons. The third-order valence-electron chi connectivity index (χ3n) is 7.04. The van der Waals surface area contributed by atoms with Crippen LogP contribution in [0, 0.1) is 5.41 Å². The minimum absolute atomic E-state index is 0.0332. The minimum Gasteiger partial charge on any atom is -0.399 e. The van der Waals surface area contributed by atoms with Gasteiger partial charge in [0.15, 0.2) is 0 Å². The molecule has 9 heteroatoms. The number of rotatable bonds is 6. The van der Waals surface area contributed by atoms with Crippen molar-refractivity contribution in [2.75, 3.05) is 0 Å². The van der Waals surface area contributed by atoms with Crippen LogP contribution in [-0.2, 0) is 9.31 Å². The number of H-pyrrole nitrogens is 1. The van der Waals surface area contributed by atoms with Gasteiger partial charge < -0.3 is 14.3 Å². The molecule has 2 amide bonds. The Balaban J connectivity index is 1.94. The van der Waals surface area contributed by atoms with Gasteiger partial charge in [-0.3, -0.25) is 19.8 Å². The second kappa shape index (κ2) is 10.2. The average molecular weight is 495 g/mol. The van der Waals surface area contributed by atoms with Crippen LogP contribution in [0.1, 0.15) is 88.9 Å². The van der Waals surface area contributed by atoms with Crippen molar-refractivity contribution in [3.63, 3.8) is 0 Å². The molecule has 1 saturated heterocycles. The second-order valence-corrected chi connectivity index (χ2v) is 11.4. The SMILES string of the molecule is CCCC(N(NC(=O)c1cccc(B2OC(C)(C)C(C)(C)O2)c1)C(=O)c1ccc[nH]c1=O)C(C)(C)C. The van der Waals surface area contributed by atoms with Crippen LogP contribution in [0.2, 0.25) is 0 Å². The first-order chi connectivity index (χ1) is 16.7. The van der Waals surface area contributed by atoms with Crippen molar-refractivity contribution in [3.05, 3.63) is 64.1 Å². The largest absolute Gasteiger partial charge is 0.494 e. The Kier molecular flexibility index (Phi) is 7.86. The molecular formula is C27H38BN3O5. The molecule has 2 N–H and O–H groups in total. The van der Waals surface area contributed by atoms with E-state index in [1.807, 2.05) is 61.5 Å². The van der Waals surface area contributed by atoms with Crippen molar-refractivity contribution in [3.8, 4) is 0 Å². The summed E-state index contributed by atoms with van der Waals surface area (Å²) in [6.07, 6.45) is 2.91. The van der Waals surface area contributed by atoms with E-state index in [2.05, 4.69) is 10.4 Å². The highest BCUT2D eigenvalue weighted by molar-refractivity contribution is 6.62. The van der Waals surface area contributed by atoms with Gasteiger partial charge in [-0.05, 0) is 69.3 Å². The smallest absolute Gasteiger partial charge is 0.399 e. The number of nitrogens with one attached hydrogen (secondary N) is 2. The van der Waals surface area contributed by atoms with Crippen molar-refractivity contribution < 1.29 is 18.9 Å². The summed E-state index contributed by atoms with van der Waals surface area (Å²) >= 11 is 0. The molecule has 1 atom stereocenters. The Morgan fingerprint density at radius 1 is 1.08 bits per heavy atom. The molecule has 1 aliphatic rings. The Morgan fingerprint density at radius 2 is 1.72 bits per heavy atom. The van der Waals surface area contributed by atoms with Crippen LogP contribution < -0.4 is 16.4 Å². The zero-order chi connectivity index (χ0) is 26.9. The number of pyridine rings is 1. The maximum absolute atomic E-state index is 13.6. The van der Waals surface area contributed by atoms with Gasteiger partial charge in [-0.1, -0.05) is 46.2 Å². The molecule has 2 aromatic rings. The van der Waals surface area contributed by atoms with E-state index in [0.29, 0.717) is 17.4 Å². The van der Waals surface area contributed by atoms with Gasteiger partial charge in [-0.15, -0.1) is 0 Å². The maximum Gasteiger partial charge on any atom is 0.494 e. The Bertz CT molecular complexity index is 1150. The van der Waals surface area contributed by atoms with Crippen molar-refractivity contribution in [2.45, 2.75) is 85.5 Å². The summed E-state index contributed by atoms with van der Waals surface area (Å²) in [6.45, 7) is 15.9. The zero-order valence-electron chi connectivity index (χ0n) is 22.6. The number of carbonyl (C=O) groups excluding carboxylic acids is 2. The third kappa shape index (κ3) is 5.73. The number of hydrogen-bond donors (Lipinski definition) is 2. The van der Waals surface area contributed by atoms with Crippen LogP contribution in [0.15, 0.2) is 47.4 Å². The molecule has 1 unspecified atom stereocenters. The van der Waals surface area contributed by atoms with Crippen LogP contribution in [-0.4, -0.2) is 46.2 Å². The fraction of sp³-hybridized carbons (Fsp3) is 0.519.